The standard InChI is InChI=1S/C21H16ClN5O5/c22-18-4-2-1-3-14(18)11-26-13-23-21(25-26)24-20(28)19-10-9-17(32-19)12-31-16-7-5-15(6-8-16)27(29)30/h1-10,13H,11-12H2,(H,24,25,28). The maximum absolute atomic E-state index is 12.4. The first-order valence-corrected chi connectivity index (χ1v) is 9.76. The number of carbonyl (C=O) groups excluding carboxylic acids is 1. The molecule has 4 rings (SSSR count). The summed E-state index contributed by atoms with van der Waals surface area (Å²) < 4.78 is 12.6. The molecule has 162 valence electrons. The van der Waals surface area contributed by atoms with Gasteiger partial charge in [-0.1, -0.05) is 29.8 Å². The number of hydrogen-bond acceptors (Lipinski definition) is 7. The Bertz CT molecular complexity index is 1250. The zero-order chi connectivity index (χ0) is 22.5. The molecule has 11 heteroatoms. The summed E-state index contributed by atoms with van der Waals surface area (Å²) in [6, 6.07) is 16.1. The van der Waals surface area contributed by atoms with Crippen molar-refractivity contribution < 1.29 is 18.9 Å². The number of anilines is 1. The number of nitrogens with one attached hydrogen (secondary N) is 1. The van der Waals surface area contributed by atoms with Crippen LogP contribution < -0.4 is 10.1 Å². The summed E-state index contributed by atoms with van der Waals surface area (Å²) in [6.45, 7) is 0.462. The molecular weight excluding hydrogens is 438 g/mol. The lowest BCUT2D eigenvalue weighted by Gasteiger charge is -2.04. The summed E-state index contributed by atoms with van der Waals surface area (Å²) in [6.07, 6.45) is 1.49. The summed E-state index contributed by atoms with van der Waals surface area (Å²) in [7, 11) is 0. The monoisotopic (exact) mass is 453 g/mol. The number of non-ortho nitro benzene ring substituents is 1. The zero-order valence-electron chi connectivity index (χ0n) is 16.5. The highest BCUT2D eigenvalue weighted by Gasteiger charge is 2.14. The minimum Gasteiger partial charge on any atom is -0.486 e. The molecule has 4 aromatic rings. The van der Waals surface area contributed by atoms with Crippen LogP contribution in [0.15, 0.2) is 71.4 Å². The SMILES string of the molecule is O=C(Nc1ncn(Cc2ccccc2Cl)n1)c1ccc(COc2ccc([N+](=O)[O-])cc2)o1. The van der Waals surface area contributed by atoms with Crippen LogP contribution in [-0.4, -0.2) is 25.6 Å². The van der Waals surface area contributed by atoms with E-state index in [0.29, 0.717) is 23.1 Å². The van der Waals surface area contributed by atoms with Crippen molar-refractivity contribution in [2.24, 2.45) is 0 Å². The van der Waals surface area contributed by atoms with Gasteiger partial charge in [0.15, 0.2) is 5.76 Å². The number of hydrogen-bond donors (Lipinski definition) is 1. The normalized spacial score (nSPS) is 10.7. The number of benzene rings is 2. The Labute approximate surface area is 186 Å². The molecule has 0 unspecified atom stereocenters. The molecule has 1 N–H and O–H groups in total. The summed E-state index contributed by atoms with van der Waals surface area (Å²) in [5, 5.41) is 18.1. The quantitative estimate of drug-likeness (QED) is 0.311. The first kappa shape index (κ1) is 21.1. The van der Waals surface area contributed by atoms with Gasteiger partial charge in [-0.2, -0.15) is 0 Å². The molecule has 2 aromatic carbocycles. The van der Waals surface area contributed by atoms with Gasteiger partial charge in [-0.25, -0.2) is 9.67 Å². The summed E-state index contributed by atoms with van der Waals surface area (Å²) >= 11 is 6.15. The Morgan fingerprint density at radius 1 is 1.16 bits per heavy atom. The van der Waals surface area contributed by atoms with Gasteiger partial charge in [0.2, 0.25) is 5.95 Å². The van der Waals surface area contributed by atoms with Crippen LogP contribution in [0.5, 0.6) is 5.75 Å². The van der Waals surface area contributed by atoms with Crippen LogP contribution in [0.25, 0.3) is 0 Å². The van der Waals surface area contributed by atoms with E-state index < -0.39 is 10.8 Å². The average molecular weight is 454 g/mol. The van der Waals surface area contributed by atoms with E-state index in [1.54, 1.807) is 16.8 Å². The van der Waals surface area contributed by atoms with E-state index in [4.69, 9.17) is 20.8 Å². The molecule has 2 aromatic heterocycles. The zero-order valence-corrected chi connectivity index (χ0v) is 17.2. The van der Waals surface area contributed by atoms with Gasteiger partial charge in [-0.3, -0.25) is 20.2 Å². The molecule has 0 aliphatic heterocycles. The van der Waals surface area contributed by atoms with Crippen molar-refractivity contribution >= 4 is 29.1 Å². The summed E-state index contributed by atoms with van der Waals surface area (Å²) in [5.41, 5.74) is 0.845. The first-order valence-electron chi connectivity index (χ1n) is 9.38. The van der Waals surface area contributed by atoms with Crippen molar-refractivity contribution in [1.82, 2.24) is 14.8 Å². The van der Waals surface area contributed by atoms with Gasteiger partial charge in [0, 0.05) is 17.2 Å². The smallest absolute Gasteiger partial charge is 0.293 e. The number of furan rings is 1. The Balaban J connectivity index is 1.32. The maximum atomic E-state index is 12.4. The van der Waals surface area contributed by atoms with Crippen LogP contribution in [-0.2, 0) is 13.2 Å². The van der Waals surface area contributed by atoms with Crippen LogP contribution in [0, 0.1) is 10.1 Å². The average Bonchev–Trinajstić information content (AvgIpc) is 3.44. The maximum Gasteiger partial charge on any atom is 0.293 e. The lowest BCUT2D eigenvalue weighted by molar-refractivity contribution is -0.384. The predicted molar refractivity (Wildman–Crippen MR) is 115 cm³/mol. The van der Waals surface area contributed by atoms with E-state index in [1.807, 2.05) is 18.2 Å². The number of rotatable bonds is 8. The highest BCUT2D eigenvalue weighted by molar-refractivity contribution is 6.31. The van der Waals surface area contributed by atoms with E-state index in [1.165, 1.54) is 36.7 Å². The summed E-state index contributed by atoms with van der Waals surface area (Å²) in [4.78, 5) is 26.7. The van der Waals surface area contributed by atoms with E-state index in [0.717, 1.165) is 5.56 Å². The third-order valence-corrected chi connectivity index (χ3v) is 4.73. The molecular formula is C21H16ClN5O5. The van der Waals surface area contributed by atoms with Crippen molar-refractivity contribution in [1.29, 1.82) is 0 Å². The molecule has 0 aliphatic rings. The van der Waals surface area contributed by atoms with Crippen molar-refractivity contribution in [3.63, 3.8) is 0 Å². The second-order valence-corrected chi connectivity index (χ2v) is 7.02. The van der Waals surface area contributed by atoms with Crippen molar-refractivity contribution in [2.75, 3.05) is 5.32 Å². The Hall–Kier alpha value is -4.18. The van der Waals surface area contributed by atoms with Crippen LogP contribution in [0.3, 0.4) is 0 Å². The van der Waals surface area contributed by atoms with Crippen LogP contribution in [0.1, 0.15) is 21.9 Å². The topological polar surface area (TPSA) is 125 Å². The van der Waals surface area contributed by atoms with Gasteiger partial charge in [0.25, 0.3) is 11.6 Å². The third kappa shape index (κ3) is 5.10. The molecule has 10 nitrogen and oxygen atoms in total. The number of nitro groups is 1. The molecule has 0 saturated heterocycles. The van der Waals surface area contributed by atoms with Gasteiger partial charge in [0.05, 0.1) is 11.5 Å². The number of nitro benzene ring substituents is 1. The molecule has 0 saturated carbocycles. The number of halogens is 1. The van der Waals surface area contributed by atoms with E-state index in [-0.39, 0.29) is 24.0 Å². The molecule has 0 atom stereocenters. The fourth-order valence-corrected chi connectivity index (χ4v) is 2.98. The largest absolute Gasteiger partial charge is 0.486 e. The molecule has 2 heterocycles. The fraction of sp³-hybridized carbons (Fsp3) is 0.0952. The highest BCUT2D eigenvalue weighted by Crippen LogP contribution is 2.19. The molecule has 0 fully saturated rings. The number of amides is 1. The Morgan fingerprint density at radius 3 is 2.69 bits per heavy atom. The minimum atomic E-state index is -0.512. The van der Waals surface area contributed by atoms with Crippen LogP contribution in [0.4, 0.5) is 11.6 Å². The van der Waals surface area contributed by atoms with Crippen molar-refractivity contribution in [3.05, 3.63) is 99.2 Å². The number of carbonyl (C=O) groups is 1. The van der Waals surface area contributed by atoms with E-state index >= 15 is 0 Å². The van der Waals surface area contributed by atoms with Gasteiger partial charge in [-0.05, 0) is 35.9 Å². The van der Waals surface area contributed by atoms with E-state index in [9.17, 15) is 14.9 Å². The summed E-state index contributed by atoms with van der Waals surface area (Å²) in [5.74, 6) is 0.524. The van der Waals surface area contributed by atoms with Crippen molar-refractivity contribution in [3.8, 4) is 5.75 Å². The highest BCUT2D eigenvalue weighted by atomic mass is 35.5. The van der Waals surface area contributed by atoms with Gasteiger partial charge in [-0.15, -0.1) is 5.10 Å². The van der Waals surface area contributed by atoms with Crippen LogP contribution >= 0.6 is 11.6 Å². The molecule has 1 amide bonds. The van der Waals surface area contributed by atoms with Gasteiger partial charge in [0.1, 0.15) is 24.4 Å². The number of nitrogens with zero attached hydrogens (tertiary/aromatic N) is 4. The van der Waals surface area contributed by atoms with Crippen LogP contribution in [0.2, 0.25) is 5.02 Å². The van der Waals surface area contributed by atoms with Crippen molar-refractivity contribution in [2.45, 2.75) is 13.2 Å². The number of aromatic nitrogens is 3. The third-order valence-electron chi connectivity index (χ3n) is 4.37. The van der Waals surface area contributed by atoms with Gasteiger partial charge < -0.3 is 9.15 Å². The molecule has 0 bridgehead atoms. The van der Waals surface area contributed by atoms with Gasteiger partial charge >= 0.3 is 0 Å². The first-order chi connectivity index (χ1) is 15.5. The second kappa shape index (κ2) is 9.31. The van der Waals surface area contributed by atoms with E-state index in [2.05, 4.69) is 15.4 Å². The molecule has 32 heavy (non-hydrogen) atoms. The fourth-order valence-electron chi connectivity index (χ4n) is 2.79. The predicted octanol–water partition coefficient (Wildman–Crippen LogP) is 4.31. The molecule has 0 radical (unpaired) electrons. The molecule has 0 spiro atoms. The number of ether oxygens (including phenoxy) is 1. The Morgan fingerprint density at radius 2 is 1.94 bits per heavy atom. The lowest BCUT2D eigenvalue weighted by atomic mass is 10.2. The lowest BCUT2D eigenvalue weighted by Crippen LogP contribution is -2.12. The molecule has 0 aliphatic carbocycles. The minimum absolute atomic E-state index is 0.0303. The second-order valence-electron chi connectivity index (χ2n) is 6.62. The Kier molecular flexibility index (Phi) is 6.13.